The molecule has 1 atom stereocenters. The zero-order chi connectivity index (χ0) is 18.5. The number of hydrogen-bond donors (Lipinski definition) is 2. The average molecular weight is 357 g/mol. The molecule has 1 unspecified atom stereocenters. The number of anilines is 1. The van der Waals surface area contributed by atoms with Crippen molar-refractivity contribution in [2.75, 3.05) is 44.7 Å². The van der Waals surface area contributed by atoms with Gasteiger partial charge >= 0.3 is 0 Å². The SMILES string of the molecule is N#Cc1cc(NCC(O)CN2CCOCC2)nc2ccc([N+](=O)[O-])cc12. The molecule has 0 aliphatic carbocycles. The van der Waals surface area contributed by atoms with E-state index in [-0.39, 0.29) is 12.2 Å². The Bertz CT molecular complexity index is 845. The zero-order valence-corrected chi connectivity index (χ0v) is 14.1. The van der Waals surface area contributed by atoms with E-state index in [2.05, 4.69) is 15.2 Å². The van der Waals surface area contributed by atoms with Gasteiger partial charge in [0.05, 0.1) is 41.4 Å². The van der Waals surface area contributed by atoms with E-state index in [1.165, 1.54) is 24.3 Å². The van der Waals surface area contributed by atoms with Crippen LogP contribution in [0, 0.1) is 21.4 Å². The lowest BCUT2D eigenvalue weighted by molar-refractivity contribution is -0.384. The third-order valence-electron chi connectivity index (χ3n) is 4.21. The number of aliphatic hydroxyl groups excluding tert-OH is 1. The molecular weight excluding hydrogens is 338 g/mol. The van der Waals surface area contributed by atoms with Crippen molar-refractivity contribution in [3.63, 3.8) is 0 Å². The van der Waals surface area contributed by atoms with Crippen LogP contribution >= 0.6 is 0 Å². The summed E-state index contributed by atoms with van der Waals surface area (Å²) < 4.78 is 5.28. The van der Waals surface area contributed by atoms with Crippen molar-refractivity contribution in [3.05, 3.63) is 39.9 Å². The van der Waals surface area contributed by atoms with Crippen LogP contribution in [0.5, 0.6) is 0 Å². The van der Waals surface area contributed by atoms with Gasteiger partial charge in [0.15, 0.2) is 0 Å². The van der Waals surface area contributed by atoms with Crippen molar-refractivity contribution < 1.29 is 14.8 Å². The van der Waals surface area contributed by atoms with E-state index in [9.17, 15) is 20.5 Å². The number of nitriles is 1. The molecule has 136 valence electrons. The largest absolute Gasteiger partial charge is 0.390 e. The summed E-state index contributed by atoms with van der Waals surface area (Å²) in [6.07, 6.45) is -0.590. The van der Waals surface area contributed by atoms with E-state index in [1.807, 2.05) is 6.07 Å². The first kappa shape index (κ1) is 18.0. The van der Waals surface area contributed by atoms with E-state index in [0.717, 1.165) is 13.1 Å². The maximum atomic E-state index is 10.9. The molecule has 0 saturated carbocycles. The summed E-state index contributed by atoms with van der Waals surface area (Å²) >= 11 is 0. The molecule has 9 heteroatoms. The van der Waals surface area contributed by atoms with Crippen LogP contribution in [0.25, 0.3) is 10.9 Å². The van der Waals surface area contributed by atoms with E-state index < -0.39 is 11.0 Å². The monoisotopic (exact) mass is 357 g/mol. The summed E-state index contributed by atoms with van der Waals surface area (Å²) in [5.74, 6) is 0.448. The Balaban J connectivity index is 1.70. The molecule has 0 amide bonds. The van der Waals surface area contributed by atoms with E-state index in [1.54, 1.807) is 0 Å². The summed E-state index contributed by atoms with van der Waals surface area (Å²) in [5, 5.41) is 33.9. The first-order valence-electron chi connectivity index (χ1n) is 8.28. The molecule has 26 heavy (non-hydrogen) atoms. The fourth-order valence-corrected chi connectivity index (χ4v) is 2.88. The van der Waals surface area contributed by atoms with Crippen molar-refractivity contribution in [1.82, 2.24) is 9.88 Å². The second kappa shape index (κ2) is 8.05. The number of hydrogen-bond acceptors (Lipinski definition) is 8. The fraction of sp³-hybridized carbons (Fsp3) is 0.412. The number of nitro groups is 1. The van der Waals surface area contributed by atoms with Crippen LogP contribution in [0.3, 0.4) is 0 Å². The number of ether oxygens (including phenoxy) is 1. The van der Waals surface area contributed by atoms with Crippen LogP contribution in [-0.2, 0) is 4.74 Å². The number of nitrogens with zero attached hydrogens (tertiary/aromatic N) is 4. The molecule has 9 nitrogen and oxygen atoms in total. The molecule has 3 rings (SSSR count). The first-order chi connectivity index (χ1) is 12.6. The maximum absolute atomic E-state index is 10.9. The minimum Gasteiger partial charge on any atom is -0.390 e. The highest BCUT2D eigenvalue weighted by atomic mass is 16.6. The molecule has 2 N–H and O–H groups in total. The fourth-order valence-electron chi connectivity index (χ4n) is 2.88. The smallest absolute Gasteiger partial charge is 0.270 e. The van der Waals surface area contributed by atoms with Crippen LogP contribution in [0.2, 0.25) is 0 Å². The third-order valence-corrected chi connectivity index (χ3v) is 4.21. The molecule has 2 aromatic rings. The average Bonchev–Trinajstić information content (AvgIpc) is 2.66. The molecule has 1 aromatic carbocycles. The second-order valence-corrected chi connectivity index (χ2v) is 6.07. The quantitative estimate of drug-likeness (QED) is 0.582. The van der Waals surface area contributed by atoms with Crippen LogP contribution < -0.4 is 5.32 Å². The summed E-state index contributed by atoms with van der Waals surface area (Å²) in [7, 11) is 0. The van der Waals surface area contributed by atoms with Crippen molar-refractivity contribution in [1.29, 1.82) is 5.26 Å². The Morgan fingerprint density at radius 2 is 2.19 bits per heavy atom. The number of non-ortho nitro benzene ring substituents is 1. The number of aliphatic hydroxyl groups is 1. The third kappa shape index (κ3) is 4.23. The zero-order valence-electron chi connectivity index (χ0n) is 14.1. The number of benzene rings is 1. The van der Waals surface area contributed by atoms with Gasteiger partial charge in [-0.1, -0.05) is 0 Å². The maximum Gasteiger partial charge on any atom is 0.270 e. The number of nitro benzene ring substituents is 1. The van der Waals surface area contributed by atoms with Crippen molar-refractivity contribution >= 4 is 22.4 Å². The van der Waals surface area contributed by atoms with Gasteiger partial charge in [-0.25, -0.2) is 4.98 Å². The number of pyridine rings is 1. The van der Waals surface area contributed by atoms with Gasteiger partial charge in [-0.2, -0.15) is 5.26 Å². The van der Waals surface area contributed by atoms with Crippen molar-refractivity contribution in [2.24, 2.45) is 0 Å². The van der Waals surface area contributed by atoms with Gasteiger partial charge in [-0.3, -0.25) is 15.0 Å². The second-order valence-electron chi connectivity index (χ2n) is 6.07. The predicted molar refractivity (Wildman–Crippen MR) is 94.9 cm³/mol. The highest BCUT2D eigenvalue weighted by Gasteiger charge is 2.16. The molecule has 1 aliphatic rings. The van der Waals surface area contributed by atoms with Crippen LogP contribution in [0.15, 0.2) is 24.3 Å². The lowest BCUT2D eigenvalue weighted by Crippen LogP contribution is -2.42. The van der Waals surface area contributed by atoms with E-state index >= 15 is 0 Å². The number of morpholine rings is 1. The van der Waals surface area contributed by atoms with Crippen LogP contribution in [0.4, 0.5) is 11.5 Å². The van der Waals surface area contributed by atoms with Gasteiger partial charge in [-0.05, 0) is 12.1 Å². The molecule has 0 spiro atoms. The molecule has 1 saturated heterocycles. The number of nitrogens with one attached hydrogen (secondary N) is 1. The Hall–Kier alpha value is -2.80. The van der Waals surface area contributed by atoms with Gasteiger partial charge in [-0.15, -0.1) is 0 Å². The molecule has 1 fully saturated rings. The summed E-state index contributed by atoms with van der Waals surface area (Å²) in [5.41, 5.74) is 0.695. The normalized spacial score (nSPS) is 16.2. The molecule has 0 bridgehead atoms. The lowest BCUT2D eigenvalue weighted by Gasteiger charge is -2.28. The van der Waals surface area contributed by atoms with Crippen LogP contribution in [-0.4, -0.2) is 65.4 Å². The Labute approximate surface area is 150 Å². The van der Waals surface area contributed by atoms with Gasteiger partial charge < -0.3 is 15.2 Å². The number of β-amino-alcohol motifs (C(OH)–C–C–N with tert-alkyl or cyclic N) is 1. The number of rotatable bonds is 6. The number of fused-ring (bicyclic) bond motifs is 1. The molecule has 1 aliphatic heterocycles. The minimum absolute atomic E-state index is 0.0857. The standard InChI is InChI=1S/C17H19N5O4/c18-9-12-7-17(19-10-14(23)11-21-3-5-26-6-4-21)20-16-2-1-13(22(24)25)8-15(12)16/h1-2,7-8,14,23H,3-6,10-11H2,(H,19,20). The predicted octanol–water partition coefficient (Wildman–Crippen LogP) is 1.12. The first-order valence-corrected chi connectivity index (χ1v) is 8.28. The summed E-state index contributed by atoms with van der Waals surface area (Å²) in [6, 6.07) is 7.80. The van der Waals surface area contributed by atoms with E-state index in [0.29, 0.717) is 42.0 Å². The lowest BCUT2D eigenvalue weighted by atomic mass is 10.1. The van der Waals surface area contributed by atoms with Crippen molar-refractivity contribution in [2.45, 2.75) is 6.10 Å². The Morgan fingerprint density at radius 1 is 1.42 bits per heavy atom. The molecule has 1 aromatic heterocycles. The Morgan fingerprint density at radius 3 is 2.88 bits per heavy atom. The van der Waals surface area contributed by atoms with E-state index in [4.69, 9.17) is 4.74 Å². The molecular formula is C17H19N5O4. The highest BCUT2D eigenvalue weighted by Crippen LogP contribution is 2.24. The van der Waals surface area contributed by atoms with Gasteiger partial charge in [0.25, 0.3) is 5.69 Å². The molecule has 2 heterocycles. The summed E-state index contributed by atoms with van der Waals surface area (Å²) in [6.45, 7) is 3.74. The Kier molecular flexibility index (Phi) is 5.58. The van der Waals surface area contributed by atoms with Gasteiger partial charge in [0.2, 0.25) is 0 Å². The van der Waals surface area contributed by atoms with Crippen LogP contribution in [0.1, 0.15) is 5.56 Å². The van der Waals surface area contributed by atoms with Gasteiger partial charge in [0.1, 0.15) is 5.82 Å². The topological polar surface area (TPSA) is 125 Å². The highest BCUT2D eigenvalue weighted by molar-refractivity contribution is 5.88. The van der Waals surface area contributed by atoms with Crippen molar-refractivity contribution in [3.8, 4) is 6.07 Å². The number of aromatic nitrogens is 1. The molecule has 0 radical (unpaired) electrons. The minimum atomic E-state index is -0.590. The van der Waals surface area contributed by atoms with Gasteiger partial charge in [0, 0.05) is 43.7 Å². The summed E-state index contributed by atoms with van der Waals surface area (Å²) in [4.78, 5) is 16.9.